The van der Waals surface area contributed by atoms with Gasteiger partial charge in [-0.15, -0.1) is 0 Å². The summed E-state index contributed by atoms with van der Waals surface area (Å²) in [6.07, 6.45) is 1.77. The number of carbonyl (C=O) groups is 1. The maximum atomic E-state index is 12.2. The highest BCUT2D eigenvalue weighted by atomic mass is 16.4. The summed E-state index contributed by atoms with van der Waals surface area (Å²) < 4.78 is 0. The van der Waals surface area contributed by atoms with E-state index in [1.807, 2.05) is 18.2 Å². The van der Waals surface area contributed by atoms with Gasteiger partial charge in [0, 0.05) is 44.8 Å². The molecular weight excluding hydrogens is 350 g/mol. The third kappa shape index (κ3) is 2.76. The lowest BCUT2D eigenvalue weighted by Gasteiger charge is -2.44. The predicted octanol–water partition coefficient (Wildman–Crippen LogP) is 3.41. The molecule has 146 valence electrons. The van der Waals surface area contributed by atoms with E-state index in [0.717, 1.165) is 45.4 Å². The zero-order valence-corrected chi connectivity index (χ0v) is 16.1. The van der Waals surface area contributed by atoms with Crippen LogP contribution >= 0.6 is 0 Å². The van der Waals surface area contributed by atoms with Crippen LogP contribution in [0.3, 0.4) is 0 Å². The van der Waals surface area contributed by atoms with Crippen molar-refractivity contribution in [1.82, 2.24) is 10.2 Å². The second-order valence-electron chi connectivity index (χ2n) is 8.33. The smallest absolute Gasteiger partial charge is 0.408 e. The quantitative estimate of drug-likeness (QED) is 0.861. The third-order valence-electron chi connectivity index (χ3n) is 6.83. The van der Waals surface area contributed by atoms with Crippen molar-refractivity contribution in [2.75, 3.05) is 37.6 Å². The molecule has 2 heterocycles. The summed E-state index contributed by atoms with van der Waals surface area (Å²) in [7, 11) is 0. The van der Waals surface area contributed by atoms with Crippen molar-refractivity contribution < 1.29 is 9.90 Å². The minimum absolute atomic E-state index is 0.449. The normalized spacial score (nSPS) is 26.2. The zero-order valence-electron chi connectivity index (χ0n) is 16.1. The summed E-state index contributed by atoms with van der Waals surface area (Å²) in [5, 5.41) is 13.5. The number of piperazine rings is 1. The van der Waals surface area contributed by atoms with Gasteiger partial charge >= 0.3 is 6.09 Å². The minimum Gasteiger partial charge on any atom is -0.465 e. The lowest BCUT2D eigenvalue weighted by atomic mass is 9.80. The van der Waals surface area contributed by atoms with Crippen LogP contribution in [-0.2, 0) is 12.0 Å². The minimum atomic E-state index is -0.796. The van der Waals surface area contributed by atoms with Gasteiger partial charge < -0.3 is 15.3 Å². The van der Waals surface area contributed by atoms with Crippen LogP contribution in [0.2, 0.25) is 0 Å². The van der Waals surface area contributed by atoms with Crippen LogP contribution < -0.4 is 10.2 Å². The van der Waals surface area contributed by atoms with Gasteiger partial charge in [0.2, 0.25) is 0 Å². The maximum Gasteiger partial charge on any atom is 0.408 e. The number of amides is 1. The molecule has 0 spiro atoms. The molecule has 0 aromatic heterocycles. The van der Waals surface area contributed by atoms with E-state index in [-0.39, 0.29) is 0 Å². The number of nitrogens with one attached hydrogen (secondary N) is 1. The predicted molar refractivity (Wildman–Crippen MR) is 110 cm³/mol. The first-order valence-corrected chi connectivity index (χ1v) is 10.3. The Hall–Kier alpha value is -2.53. The first-order chi connectivity index (χ1) is 13.7. The summed E-state index contributed by atoms with van der Waals surface area (Å²) in [6, 6.07) is 17.2. The zero-order chi connectivity index (χ0) is 19.1. The molecule has 0 radical (unpaired) electrons. The Labute approximate surface area is 166 Å². The topological polar surface area (TPSA) is 55.8 Å². The van der Waals surface area contributed by atoms with Gasteiger partial charge in [0.05, 0.1) is 5.54 Å². The molecule has 0 saturated carbocycles. The lowest BCUT2D eigenvalue weighted by molar-refractivity contribution is 0.0493. The number of piperidine rings is 1. The van der Waals surface area contributed by atoms with Crippen LogP contribution in [0.1, 0.15) is 35.4 Å². The Morgan fingerprint density at radius 2 is 1.89 bits per heavy atom. The number of nitrogens with zero attached hydrogens (tertiary/aromatic N) is 2. The molecule has 1 amide bonds. The maximum absolute atomic E-state index is 12.2. The number of benzene rings is 2. The van der Waals surface area contributed by atoms with Crippen molar-refractivity contribution in [3.05, 3.63) is 65.2 Å². The molecule has 5 rings (SSSR count). The number of likely N-dealkylation sites (tertiary alicyclic amines) is 1. The molecule has 5 heteroatoms. The van der Waals surface area contributed by atoms with E-state index in [4.69, 9.17) is 0 Å². The van der Waals surface area contributed by atoms with Crippen LogP contribution in [-0.4, -0.2) is 48.8 Å². The lowest BCUT2D eigenvalue weighted by Crippen LogP contribution is -2.52. The Morgan fingerprint density at radius 3 is 2.64 bits per heavy atom. The molecule has 2 atom stereocenters. The molecule has 2 bridgehead atoms. The monoisotopic (exact) mass is 377 g/mol. The van der Waals surface area contributed by atoms with E-state index in [2.05, 4.69) is 40.5 Å². The average Bonchev–Trinajstić information content (AvgIpc) is 2.97. The highest BCUT2D eigenvalue weighted by molar-refractivity contribution is 5.69. The van der Waals surface area contributed by atoms with Gasteiger partial charge in [-0.3, -0.25) is 4.90 Å². The summed E-state index contributed by atoms with van der Waals surface area (Å²) >= 11 is 0. The first-order valence-electron chi connectivity index (χ1n) is 10.3. The van der Waals surface area contributed by atoms with Crippen molar-refractivity contribution >= 4 is 11.8 Å². The molecule has 3 aliphatic rings. The third-order valence-corrected chi connectivity index (χ3v) is 6.83. The molecule has 2 N–H and O–H groups in total. The molecule has 5 nitrogen and oxygen atoms in total. The summed E-state index contributed by atoms with van der Waals surface area (Å²) in [5.41, 5.74) is 4.58. The van der Waals surface area contributed by atoms with E-state index < -0.39 is 11.6 Å². The fourth-order valence-electron chi connectivity index (χ4n) is 5.54. The standard InChI is InChI=1S/C23H27N3O2/c27-22(28)26-11-8-18-16-23(26,15-17-4-2-1-3-5-17)21-14-19(6-7-20(18)21)25-12-9-24-10-13-25/h1-7,14,18,24H,8-13,15-16H2,(H,27,28). The van der Waals surface area contributed by atoms with Crippen molar-refractivity contribution in [2.24, 2.45) is 0 Å². The van der Waals surface area contributed by atoms with Gasteiger partial charge in [-0.1, -0.05) is 36.4 Å². The van der Waals surface area contributed by atoms with Crippen molar-refractivity contribution in [2.45, 2.75) is 30.7 Å². The van der Waals surface area contributed by atoms with Gasteiger partial charge in [0.25, 0.3) is 0 Å². The van der Waals surface area contributed by atoms with E-state index in [0.29, 0.717) is 12.5 Å². The van der Waals surface area contributed by atoms with Crippen molar-refractivity contribution in [1.29, 1.82) is 0 Å². The van der Waals surface area contributed by atoms with Crippen molar-refractivity contribution in [3.8, 4) is 0 Å². The van der Waals surface area contributed by atoms with E-state index in [1.165, 1.54) is 22.4 Å². The van der Waals surface area contributed by atoms with Gasteiger partial charge in [-0.2, -0.15) is 0 Å². The number of rotatable bonds is 3. The van der Waals surface area contributed by atoms with Crippen LogP contribution in [0.5, 0.6) is 0 Å². The fraction of sp³-hybridized carbons (Fsp3) is 0.435. The number of hydrogen-bond donors (Lipinski definition) is 2. The number of hydrogen-bond acceptors (Lipinski definition) is 3. The molecule has 2 aromatic rings. The molecule has 2 unspecified atom stereocenters. The van der Waals surface area contributed by atoms with Gasteiger partial charge in [-0.05, 0) is 47.6 Å². The Balaban J connectivity index is 1.61. The first kappa shape index (κ1) is 17.6. The van der Waals surface area contributed by atoms with Gasteiger partial charge in [0.15, 0.2) is 0 Å². The molecule has 28 heavy (non-hydrogen) atoms. The van der Waals surface area contributed by atoms with Gasteiger partial charge in [0.1, 0.15) is 0 Å². The number of anilines is 1. The SMILES string of the molecule is O=C(O)N1CCC2CC1(Cc1ccccc1)c1cc(N3CCNCC3)ccc12. The molecule has 2 aromatic carbocycles. The second-order valence-corrected chi connectivity index (χ2v) is 8.33. The Kier molecular flexibility index (Phi) is 4.27. The van der Waals surface area contributed by atoms with E-state index >= 15 is 0 Å². The summed E-state index contributed by atoms with van der Waals surface area (Å²) in [4.78, 5) is 16.4. The number of fused-ring (bicyclic) bond motifs is 5. The van der Waals surface area contributed by atoms with Crippen LogP contribution in [0.25, 0.3) is 0 Å². The highest BCUT2D eigenvalue weighted by Gasteiger charge is 2.52. The van der Waals surface area contributed by atoms with Gasteiger partial charge in [-0.25, -0.2) is 4.79 Å². The molecule has 2 saturated heterocycles. The van der Waals surface area contributed by atoms with E-state index in [1.54, 1.807) is 4.90 Å². The van der Waals surface area contributed by atoms with Crippen LogP contribution in [0, 0.1) is 0 Å². The Morgan fingerprint density at radius 1 is 1.11 bits per heavy atom. The highest BCUT2D eigenvalue weighted by Crippen LogP contribution is 2.55. The molecule has 1 aliphatic carbocycles. The van der Waals surface area contributed by atoms with Crippen molar-refractivity contribution in [3.63, 3.8) is 0 Å². The fourth-order valence-corrected chi connectivity index (χ4v) is 5.54. The second kappa shape index (κ2) is 6.82. The summed E-state index contributed by atoms with van der Waals surface area (Å²) in [5.74, 6) is 0.464. The average molecular weight is 377 g/mol. The number of carboxylic acid groups (broad SMARTS) is 1. The Bertz CT molecular complexity index is 879. The molecule has 2 fully saturated rings. The van der Waals surface area contributed by atoms with E-state index in [9.17, 15) is 9.90 Å². The van der Waals surface area contributed by atoms with Crippen LogP contribution in [0.4, 0.5) is 10.5 Å². The largest absolute Gasteiger partial charge is 0.465 e. The summed E-state index contributed by atoms with van der Waals surface area (Å²) in [6.45, 7) is 4.60. The molecule has 2 aliphatic heterocycles. The van der Waals surface area contributed by atoms with Crippen LogP contribution in [0.15, 0.2) is 48.5 Å². The molecular formula is C23H27N3O2.